The van der Waals surface area contributed by atoms with Gasteiger partial charge in [0.1, 0.15) is 21.4 Å². The van der Waals surface area contributed by atoms with Crippen LogP contribution in [0.3, 0.4) is 0 Å². The van der Waals surface area contributed by atoms with Crippen LogP contribution in [0.4, 0.5) is 0 Å². The lowest BCUT2D eigenvalue weighted by atomic mass is 10.1. The van der Waals surface area contributed by atoms with Crippen molar-refractivity contribution >= 4 is 28.5 Å². The molecule has 3 aromatic rings. The van der Waals surface area contributed by atoms with E-state index in [0.717, 1.165) is 5.69 Å². The zero-order chi connectivity index (χ0) is 15.5. The summed E-state index contributed by atoms with van der Waals surface area (Å²) < 4.78 is 0. The van der Waals surface area contributed by atoms with Gasteiger partial charge in [0, 0.05) is 28.8 Å². The average Bonchev–Trinajstić information content (AvgIpc) is 3.18. The molecule has 0 bridgehead atoms. The predicted octanol–water partition coefficient (Wildman–Crippen LogP) is 2.86. The molecule has 0 fully saturated rings. The van der Waals surface area contributed by atoms with Gasteiger partial charge in [-0.1, -0.05) is 0 Å². The van der Waals surface area contributed by atoms with Crippen molar-refractivity contribution in [3.8, 4) is 16.8 Å². The number of nitriles is 1. The normalized spacial score (nSPS) is 11.8. The molecule has 0 aliphatic carbocycles. The highest BCUT2D eigenvalue weighted by Gasteiger charge is 2.26. The molecule has 0 aromatic carbocycles. The quantitative estimate of drug-likeness (QED) is 0.684. The summed E-state index contributed by atoms with van der Waals surface area (Å²) in [6.07, 6.45) is 4.72. The van der Waals surface area contributed by atoms with Crippen LogP contribution in [0.1, 0.15) is 27.1 Å². The molecule has 3 aromatic heterocycles. The summed E-state index contributed by atoms with van der Waals surface area (Å²) in [5.74, 6) is -1.27. The molecular weight excluding hydrogens is 318 g/mol. The van der Waals surface area contributed by atoms with Crippen LogP contribution >= 0.6 is 22.7 Å². The van der Waals surface area contributed by atoms with Crippen molar-refractivity contribution in [2.45, 2.75) is 12.8 Å². The van der Waals surface area contributed by atoms with Crippen LogP contribution in [0.2, 0.25) is 0 Å². The molecule has 0 spiro atoms. The molecule has 6 nitrogen and oxygen atoms in total. The Bertz CT molecular complexity index is 850. The first-order valence-electron chi connectivity index (χ1n) is 6.27. The molecule has 0 aliphatic rings. The van der Waals surface area contributed by atoms with E-state index >= 15 is 0 Å². The van der Waals surface area contributed by atoms with Gasteiger partial charge in [0.25, 0.3) is 0 Å². The van der Waals surface area contributed by atoms with Crippen molar-refractivity contribution in [3.63, 3.8) is 0 Å². The van der Waals surface area contributed by atoms with E-state index in [-0.39, 0.29) is 11.5 Å². The third-order valence-electron chi connectivity index (χ3n) is 2.81. The lowest BCUT2D eigenvalue weighted by Gasteiger charge is -2.01. The van der Waals surface area contributed by atoms with Crippen LogP contribution in [0.5, 0.6) is 0 Å². The molecule has 0 amide bonds. The molecule has 0 N–H and O–H groups in total. The van der Waals surface area contributed by atoms with Gasteiger partial charge >= 0.3 is 0 Å². The molecule has 0 radical (unpaired) electrons. The molecule has 3 rings (SSSR count). The molecular formula is C14H9N5OS2. The highest BCUT2D eigenvalue weighted by Crippen LogP contribution is 2.27. The number of nitrogens with zero attached hydrogens (tertiary/aromatic N) is 5. The number of hydrogen-bond donors (Lipinski definition) is 0. The minimum atomic E-state index is -0.921. The Morgan fingerprint density at radius 3 is 2.77 bits per heavy atom. The molecule has 0 unspecified atom stereocenters. The third-order valence-corrected chi connectivity index (χ3v) is 4.71. The zero-order valence-electron chi connectivity index (χ0n) is 11.4. The molecule has 1 atom stereocenters. The average molecular weight is 327 g/mol. The van der Waals surface area contributed by atoms with Crippen molar-refractivity contribution in [2.24, 2.45) is 0 Å². The van der Waals surface area contributed by atoms with Gasteiger partial charge in [-0.2, -0.15) is 5.26 Å². The maximum Gasteiger partial charge on any atom is 0.206 e. The van der Waals surface area contributed by atoms with E-state index in [9.17, 15) is 10.1 Å². The topological polar surface area (TPSA) is 92.4 Å². The summed E-state index contributed by atoms with van der Waals surface area (Å²) in [7, 11) is 0. The van der Waals surface area contributed by atoms with E-state index in [2.05, 4.69) is 19.9 Å². The maximum absolute atomic E-state index is 12.5. The highest BCUT2D eigenvalue weighted by atomic mass is 32.1. The minimum Gasteiger partial charge on any atom is -0.290 e. The van der Waals surface area contributed by atoms with Crippen molar-refractivity contribution < 1.29 is 4.79 Å². The molecule has 8 heteroatoms. The summed E-state index contributed by atoms with van der Waals surface area (Å²) in [5.41, 5.74) is 1.65. The van der Waals surface area contributed by atoms with Gasteiger partial charge in [-0.3, -0.25) is 14.8 Å². The largest absolute Gasteiger partial charge is 0.290 e. The minimum absolute atomic E-state index is 0.255. The van der Waals surface area contributed by atoms with Crippen molar-refractivity contribution in [1.82, 2.24) is 19.9 Å². The molecule has 0 saturated carbocycles. The fourth-order valence-corrected chi connectivity index (χ4v) is 3.40. The number of aromatic nitrogens is 4. The number of Topliss-reactive ketones (excluding diaryl/α,β-unsaturated/α-hetero) is 1. The summed E-state index contributed by atoms with van der Waals surface area (Å²) in [6, 6.07) is 2.01. The van der Waals surface area contributed by atoms with E-state index in [1.807, 2.05) is 18.4 Å². The Hall–Kier alpha value is -2.50. The standard InChI is InChI=1S/C14H9N5OS2/c1-8-6-21-13(18-8)9(4-15)12(20)11-7-22-14(19-11)10-5-16-2-3-17-10/h2-3,5-7,9H,1H3/t9-/m1/s1. The second kappa shape index (κ2) is 6.09. The fraction of sp³-hybridized carbons (Fsp3) is 0.143. The van der Waals surface area contributed by atoms with Crippen LogP contribution in [-0.2, 0) is 0 Å². The zero-order valence-corrected chi connectivity index (χ0v) is 13.1. The lowest BCUT2D eigenvalue weighted by molar-refractivity contribution is 0.0974. The molecule has 22 heavy (non-hydrogen) atoms. The van der Waals surface area contributed by atoms with E-state index in [1.54, 1.807) is 24.0 Å². The highest BCUT2D eigenvalue weighted by molar-refractivity contribution is 7.13. The van der Waals surface area contributed by atoms with Gasteiger partial charge in [-0.25, -0.2) is 9.97 Å². The smallest absolute Gasteiger partial charge is 0.206 e. The van der Waals surface area contributed by atoms with E-state index in [1.165, 1.54) is 22.7 Å². The second-order valence-electron chi connectivity index (χ2n) is 4.38. The summed E-state index contributed by atoms with van der Waals surface area (Å²) in [5, 5.41) is 13.8. The number of thiazole rings is 2. The number of rotatable bonds is 4. The molecule has 0 aliphatic heterocycles. The van der Waals surface area contributed by atoms with Crippen molar-refractivity contribution in [2.75, 3.05) is 0 Å². The molecule has 0 saturated heterocycles. The van der Waals surface area contributed by atoms with Crippen LogP contribution in [0, 0.1) is 18.3 Å². The SMILES string of the molecule is Cc1csc([C@H](C#N)C(=O)c2csc(-c3cnccn3)n2)n1. The van der Waals surface area contributed by atoms with Gasteiger partial charge in [0.15, 0.2) is 5.92 Å². The van der Waals surface area contributed by atoms with Gasteiger partial charge in [-0.05, 0) is 6.92 Å². The first-order chi connectivity index (χ1) is 10.7. The monoisotopic (exact) mass is 327 g/mol. The van der Waals surface area contributed by atoms with E-state index in [4.69, 9.17) is 0 Å². The van der Waals surface area contributed by atoms with Crippen LogP contribution in [0.15, 0.2) is 29.4 Å². The Balaban J connectivity index is 1.89. The van der Waals surface area contributed by atoms with Crippen LogP contribution < -0.4 is 0 Å². The fourth-order valence-electron chi connectivity index (χ4n) is 1.79. The van der Waals surface area contributed by atoms with Gasteiger partial charge in [0.05, 0.1) is 12.3 Å². The molecule has 108 valence electrons. The first kappa shape index (κ1) is 14.4. The van der Waals surface area contributed by atoms with Crippen LogP contribution in [-0.4, -0.2) is 25.7 Å². The van der Waals surface area contributed by atoms with Gasteiger partial charge in [0.2, 0.25) is 5.78 Å². The number of carbonyl (C=O) groups excluding carboxylic acids is 1. The Morgan fingerprint density at radius 2 is 2.14 bits per heavy atom. The van der Waals surface area contributed by atoms with Gasteiger partial charge < -0.3 is 0 Å². The second-order valence-corrected chi connectivity index (χ2v) is 6.13. The van der Waals surface area contributed by atoms with E-state index < -0.39 is 5.92 Å². The third kappa shape index (κ3) is 2.77. The summed E-state index contributed by atoms with van der Waals surface area (Å²) >= 11 is 2.61. The van der Waals surface area contributed by atoms with Crippen LogP contribution in [0.25, 0.3) is 10.7 Å². The lowest BCUT2D eigenvalue weighted by Crippen LogP contribution is -2.11. The maximum atomic E-state index is 12.5. The summed E-state index contributed by atoms with van der Waals surface area (Å²) in [6.45, 7) is 1.83. The molecule has 3 heterocycles. The number of ketones is 1. The predicted molar refractivity (Wildman–Crippen MR) is 82.7 cm³/mol. The first-order valence-corrected chi connectivity index (χ1v) is 8.02. The Morgan fingerprint density at radius 1 is 1.27 bits per heavy atom. The number of carbonyl (C=O) groups is 1. The van der Waals surface area contributed by atoms with E-state index in [0.29, 0.717) is 15.7 Å². The Labute approximate surface area is 134 Å². The van der Waals surface area contributed by atoms with Crippen molar-refractivity contribution in [3.05, 3.63) is 45.7 Å². The number of aryl methyl sites for hydroxylation is 1. The van der Waals surface area contributed by atoms with Gasteiger partial charge in [-0.15, -0.1) is 22.7 Å². The summed E-state index contributed by atoms with van der Waals surface area (Å²) in [4.78, 5) is 29.1. The van der Waals surface area contributed by atoms with Crippen molar-refractivity contribution in [1.29, 1.82) is 5.26 Å². The Kier molecular flexibility index (Phi) is 4.00. The number of hydrogen-bond acceptors (Lipinski definition) is 8.